The van der Waals surface area contributed by atoms with Crippen LogP contribution in [0.25, 0.3) is 0 Å². The lowest BCUT2D eigenvalue weighted by Crippen LogP contribution is -2.36. The Bertz CT molecular complexity index is 661. The first kappa shape index (κ1) is 18.1. The lowest BCUT2D eigenvalue weighted by atomic mass is 10.3. The Kier molecular flexibility index (Phi) is 6.34. The Balaban J connectivity index is 2.99. The van der Waals surface area contributed by atoms with Crippen LogP contribution >= 0.6 is 33.9 Å². The van der Waals surface area contributed by atoms with Gasteiger partial charge < -0.3 is 10.1 Å². The minimum Gasteiger partial charge on any atom is -0.479 e. The van der Waals surface area contributed by atoms with Gasteiger partial charge in [0, 0.05) is 17.2 Å². The minimum absolute atomic E-state index is 0.0759. The average Bonchev–Trinajstić information content (AvgIpc) is 2.39. The van der Waals surface area contributed by atoms with Crippen molar-refractivity contribution in [2.75, 3.05) is 6.54 Å². The molecule has 0 aliphatic carbocycles. The van der Waals surface area contributed by atoms with Crippen molar-refractivity contribution >= 4 is 48.8 Å². The second-order valence-corrected chi connectivity index (χ2v) is 7.21. The summed E-state index contributed by atoms with van der Waals surface area (Å²) in [7, 11) is 1.20. The molecule has 0 aromatic heterocycles. The highest BCUT2D eigenvalue weighted by Gasteiger charge is 2.22. The molecule has 1 rings (SSSR count). The second-order valence-electron chi connectivity index (χ2n) is 3.92. The van der Waals surface area contributed by atoms with E-state index in [1.54, 1.807) is 0 Å². The number of benzene rings is 1. The first-order chi connectivity index (χ1) is 9.68. The molecule has 0 radical (unpaired) electrons. The van der Waals surface area contributed by atoms with Crippen molar-refractivity contribution in [2.45, 2.75) is 17.9 Å². The van der Waals surface area contributed by atoms with Gasteiger partial charge in [-0.15, -0.1) is 6.58 Å². The lowest BCUT2D eigenvalue weighted by molar-refractivity contribution is -0.127. The zero-order chi connectivity index (χ0) is 16.2. The van der Waals surface area contributed by atoms with E-state index in [2.05, 4.69) is 11.9 Å². The van der Waals surface area contributed by atoms with Crippen molar-refractivity contribution in [3.63, 3.8) is 0 Å². The van der Waals surface area contributed by atoms with Crippen molar-refractivity contribution in [3.8, 4) is 5.75 Å². The van der Waals surface area contributed by atoms with Crippen LogP contribution in [0.1, 0.15) is 6.92 Å². The molecule has 1 aromatic carbocycles. The second kappa shape index (κ2) is 7.35. The van der Waals surface area contributed by atoms with Gasteiger partial charge in [0.1, 0.15) is 15.7 Å². The Morgan fingerprint density at radius 3 is 2.57 bits per heavy atom. The van der Waals surface area contributed by atoms with Crippen LogP contribution in [0, 0.1) is 0 Å². The van der Waals surface area contributed by atoms with E-state index >= 15 is 0 Å². The quantitative estimate of drug-likeness (QED) is 0.615. The summed E-state index contributed by atoms with van der Waals surface area (Å²) in [4.78, 5) is 11.3. The third-order valence-corrected chi connectivity index (χ3v) is 4.71. The van der Waals surface area contributed by atoms with Gasteiger partial charge in [0.25, 0.3) is 15.0 Å². The van der Waals surface area contributed by atoms with Crippen LogP contribution in [0.5, 0.6) is 5.75 Å². The highest BCUT2D eigenvalue weighted by atomic mass is 35.7. The zero-order valence-corrected chi connectivity index (χ0v) is 14.0. The Morgan fingerprint density at radius 2 is 2.05 bits per heavy atom. The van der Waals surface area contributed by atoms with Gasteiger partial charge >= 0.3 is 0 Å². The fourth-order valence-electron chi connectivity index (χ4n) is 1.35. The molecule has 1 unspecified atom stereocenters. The molecule has 5 nitrogen and oxygen atoms in total. The molecule has 116 valence electrons. The molecule has 0 saturated carbocycles. The van der Waals surface area contributed by atoms with E-state index in [1.807, 2.05) is 0 Å². The molecule has 0 saturated heterocycles. The highest BCUT2D eigenvalue weighted by molar-refractivity contribution is 8.13. The smallest absolute Gasteiger partial charge is 0.262 e. The van der Waals surface area contributed by atoms with Gasteiger partial charge in [-0.05, 0) is 19.1 Å². The average molecular weight is 373 g/mol. The van der Waals surface area contributed by atoms with Gasteiger partial charge in [0.2, 0.25) is 0 Å². The molecule has 0 bridgehead atoms. The number of ether oxygens (including phenoxy) is 1. The van der Waals surface area contributed by atoms with Crippen molar-refractivity contribution < 1.29 is 17.9 Å². The maximum Gasteiger partial charge on any atom is 0.262 e. The van der Waals surface area contributed by atoms with Crippen LogP contribution in [-0.2, 0) is 13.8 Å². The molecule has 0 fully saturated rings. The zero-order valence-electron chi connectivity index (χ0n) is 10.9. The van der Waals surface area contributed by atoms with E-state index in [9.17, 15) is 13.2 Å². The van der Waals surface area contributed by atoms with Crippen LogP contribution < -0.4 is 10.1 Å². The largest absolute Gasteiger partial charge is 0.479 e. The molecule has 0 heterocycles. The summed E-state index contributed by atoms with van der Waals surface area (Å²) >= 11 is 11.8. The number of rotatable bonds is 6. The molecule has 0 aliphatic rings. The summed E-state index contributed by atoms with van der Waals surface area (Å²) in [5.41, 5.74) is 0. The summed E-state index contributed by atoms with van der Waals surface area (Å²) in [5, 5.41) is 2.15. The van der Waals surface area contributed by atoms with E-state index in [1.165, 1.54) is 19.1 Å². The molecule has 1 amide bonds. The van der Waals surface area contributed by atoms with Crippen molar-refractivity contribution in [1.29, 1.82) is 0 Å². The summed E-state index contributed by atoms with van der Waals surface area (Å²) in [6.07, 6.45) is 0.672. The summed E-state index contributed by atoms with van der Waals surface area (Å²) in [5.74, 6) is -0.303. The molecule has 0 spiro atoms. The molecule has 0 aliphatic heterocycles. The molecule has 21 heavy (non-hydrogen) atoms. The molecule has 1 atom stereocenters. The molecular formula is C12H12Cl3NO4S. The van der Waals surface area contributed by atoms with E-state index in [0.29, 0.717) is 6.54 Å². The topological polar surface area (TPSA) is 72.5 Å². The maximum absolute atomic E-state index is 11.7. The van der Waals surface area contributed by atoms with E-state index in [-0.39, 0.29) is 26.6 Å². The fourth-order valence-corrected chi connectivity index (χ4v) is 3.13. The van der Waals surface area contributed by atoms with Gasteiger partial charge in [-0.25, -0.2) is 8.42 Å². The van der Waals surface area contributed by atoms with Crippen LogP contribution in [0.4, 0.5) is 0 Å². The van der Waals surface area contributed by atoms with E-state index in [4.69, 9.17) is 38.6 Å². The standard InChI is InChI=1S/C12H12Cl3NO4S/c1-3-6-16-12(17)7(2)20-8-4-5-9(21(15,18)19)11(14)10(8)13/h3-5,7H,1,6H2,2H3,(H,16,17). The maximum atomic E-state index is 11.7. The van der Waals surface area contributed by atoms with Crippen molar-refractivity contribution in [2.24, 2.45) is 0 Å². The monoisotopic (exact) mass is 371 g/mol. The Labute approximate surface area is 137 Å². The van der Waals surface area contributed by atoms with Crippen molar-refractivity contribution in [1.82, 2.24) is 5.32 Å². The summed E-state index contributed by atoms with van der Waals surface area (Å²) in [6.45, 7) is 5.28. The van der Waals surface area contributed by atoms with Gasteiger partial charge in [-0.1, -0.05) is 29.3 Å². The van der Waals surface area contributed by atoms with Gasteiger partial charge in [-0.2, -0.15) is 0 Å². The van der Waals surface area contributed by atoms with Crippen LogP contribution in [-0.4, -0.2) is 27.0 Å². The number of halogens is 3. The summed E-state index contributed by atoms with van der Waals surface area (Å²) in [6, 6.07) is 2.43. The Morgan fingerprint density at radius 1 is 1.43 bits per heavy atom. The van der Waals surface area contributed by atoms with Crippen molar-refractivity contribution in [3.05, 3.63) is 34.8 Å². The number of hydrogen-bond acceptors (Lipinski definition) is 4. The number of carbonyl (C=O) groups is 1. The third-order valence-electron chi connectivity index (χ3n) is 2.37. The van der Waals surface area contributed by atoms with Gasteiger partial charge in [-0.3, -0.25) is 4.79 Å². The Hall–Kier alpha value is -0.950. The normalized spacial score (nSPS) is 12.6. The first-order valence-electron chi connectivity index (χ1n) is 5.66. The predicted octanol–water partition coefficient (Wildman–Crippen LogP) is 2.99. The molecule has 9 heteroatoms. The predicted molar refractivity (Wildman–Crippen MR) is 82.8 cm³/mol. The van der Waals surface area contributed by atoms with E-state index < -0.39 is 15.2 Å². The number of carbonyl (C=O) groups excluding carboxylic acids is 1. The van der Waals surface area contributed by atoms with Crippen LogP contribution in [0.3, 0.4) is 0 Å². The minimum atomic E-state index is -4.02. The third kappa shape index (κ3) is 4.78. The van der Waals surface area contributed by atoms with E-state index in [0.717, 1.165) is 6.07 Å². The summed E-state index contributed by atoms with van der Waals surface area (Å²) < 4.78 is 27.9. The first-order valence-corrected chi connectivity index (χ1v) is 8.73. The fraction of sp³-hybridized carbons (Fsp3) is 0.250. The van der Waals surface area contributed by atoms with Gasteiger partial charge in [0.15, 0.2) is 6.10 Å². The lowest BCUT2D eigenvalue weighted by Gasteiger charge is -2.16. The van der Waals surface area contributed by atoms with Crippen LogP contribution in [0.15, 0.2) is 29.7 Å². The number of nitrogens with one attached hydrogen (secondary N) is 1. The highest BCUT2D eigenvalue weighted by Crippen LogP contribution is 2.38. The molecule has 1 N–H and O–H groups in total. The van der Waals surface area contributed by atoms with Gasteiger partial charge in [0.05, 0.1) is 5.02 Å². The van der Waals surface area contributed by atoms with Crippen LogP contribution in [0.2, 0.25) is 10.0 Å². The SMILES string of the molecule is C=CCNC(=O)C(C)Oc1ccc(S(=O)(=O)Cl)c(Cl)c1Cl. The molecule has 1 aromatic rings. The molecular weight excluding hydrogens is 361 g/mol. The number of amides is 1. The number of hydrogen-bond donors (Lipinski definition) is 1.